The summed E-state index contributed by atoms with van der Waals surface area (Å²) in [6, 6.07) is 7.42. The molecule has 3 nitrogen and oxygen atoms in total. The van der Waals surface area contributed by atoms with E-state index in [1.807, 2.05) is 18.3 Å². The molecule has 1 heterocycles. The van der Waals surface area contributed by atoms with Gasteiger partial charge in [0, 0.05) is 18.3 Å². The van der Waals surface area contributed by atoms with Crippen molar-refractivity contribution < 1.29 is 10.0 Å². The Labute approximate surface area is 82.7 Å². The molecule has 0 aliphatic carbocycles. The van der Waals surface area contributed by atoms with Crippen LogP contribution in [0.1, 0.15) is 6.92 Å². The minimum Gasteiger partial charge on any atom is -0.423 e. The first kappa shape index (κ1) is 9.31. The van der Waals surface area contributed by atoms with Gasteiger partial charge >= 0.3 is 7.12 Å². The quantitative estimate of drug-likeness (QED) is 0.669. The second-order valence-corrected chi connectivity index (χ2v) is 3.29. The SMILES string of the molecule is CCn1ccc2cc(B(O)O)ccc21. The van der Waals surface area contributed by atoms with Gasteiger partial charge in [-0.25, -0.2) is 0 Å². The second-order valence-electron chi connectivity index (χ2n) is 3.29. The Balaban J connectivity index is 2.57. The summed E-state index contributed by atoms with van der Waals surface area (Å²) in [7, 11) is -1.38. The van der Waals surface area contributed by atoms with Crippen LogP contribution in [0.25, 0.3) is 10.9 Å². The molecule has 72 valence electrons. The Hall–Kier alpha value is -1.26. The summed E-state index contributed by atoms with van der Waals surface area (Å²) in [6.45, 7) is 3.00. The van der Waals surface area contributed by atoms with Gasteiger partial charge in [0.15, 0.2) is 0 Å². The number of benzene rings is 1. The molecule has 0 unspecified atom stereocenters. The predicted molar refractivity (Wildman–Crippen MR) is 57.4 cm³/mol. The number of hydrogen-bond donors (Lipinski definition) is 2. The van der Waals surface area contributed by atoms with Crippen LogP contribution in [-0.4, -0.2) is 21.7 Å². The first-order valence-corrected chi connectivity index (χ1v) is 4.67. The van der Waals surface area contributed by atoms with Crippen molar-refractivity contribution in [2.45, 2.75) is 13.5 Å². The molecule has 0 spiro atoms. The minimum absolute atomic E-state index is 0.534. The summed E-state index contributed by atoms with van der Waals surface area (Å²) < 4.78 is 2.11. The second kappa shape index (κ2) is 3.48. The zero-order chi connectivity index (χ0) is 10.1. The molecule has 1 aromatic heterocycles. The number of aryl methyl sites for hydroxylation is 1. The van der Waals surface area contributed by atoms with E-state index in [2.05, 4.69) is 11.5 Å². The Morgan fingerprint density at radius 3 is 2.71 bits per heavy atom. The van der Waals surface area contributed by atoms with Gasteiger partial charge in [-0.15, -0.1) is 0 Å². The highest BCUT2D eigenvalue weighted by Gasteiger charge is 2.11. The van der Waals surface area contributed by atoms with E-state index >= 15 is 0 Å². The summed E-state index contributed by atoms with van der Waals surface area (Å²) in [5.41, 5.74) is 1.66. The van der Waals surface area contributed by atoms with Gasteiger partial charge in [0.1, 0.15) is 0 Å². The molecule has 0 radical (unpaired) electrons. The van der Waals surface area contributed by atoms with Crippen molar-refractivity contribution in [2.75, 3.05) is 0 Å². The minimum atomic E-state index is -1.38. The van der Waals surface area contributed by atoms with E-state index in [0.717, 1.165) is 17.4 Å². The van der Waals surface area contributed by atoms with E-state index in [4.69, 9.17) is 10.0 Å². The van der Waals surface area contributed by atoms with Crippen LogP contribution >= 0.6 is 0 Å². The Bertz CT molecular complexity index is 450. The zero-order valence-corrected chi connectivity index (χ0v) is 8.01. The van der Waals surface area contributed by atoms with Gasteiger partial charge in [0.05, 0.1) is 0 Å². The van der Waals surface area contributed by atoms with Crippen molar-refractivity contribution in [3.05, 3.63) is 30.5 Å². The van der Waals surface area contributed by atoms with E-state index in [0.29, 0.717) is 5.46 Å². The Kier molecular flexibility index (Phi) is 2.31. The maximum absolute atomic E-state index is 9.00. The lowest BCUT2D eigenvalue weighted by Gasteiger charge is -2.02. The van der Waals surface area contributed by atoms with Crippen LogP contribution in [-0.2, 0) is 6.54 Å². The fourth-order valence-corrected chi connectivity index (χ4v) is 1.65. The molecule has 4 heteroatoms. The molecule has 2 rings (SSSR count). The number of aromatic nitrogens is 1. The zero-order valence-electron chi connectivity index (χ0n) is 8.01. The lowest BCUT2D eigenvalue weighted by molar-refractivity contribution is 0.426. The molecule has 0 aliphatic heterocycles. The highest BCUT2D eigenvalue weighted by Crippen LogP contribution is 2.13. The van der Waals surface area contributed by atoms with Gasteiger partial charge in [-0.3, -0.25) is 0 Å². The number of rotatable bonds is 2. The monoisotopic (exact) mass is 189 g/mol. The van der Waals surface area contributed by atoms with Crippen molar-refractivity contribution in [1.29, 1.82) is 0 Å². The topological polar surface area (TPSA) is 45.4 Å². The molecule has 0 atom stereocenters. The molecular formula is C10H12BNO2. The largest absolute Gasteiger partial charge is 0.488 e. The van der Waals surface area contributed by atoms with E-state index < -0.39 is 7.12 Å². The van der Waals surface area contributed by atoms with Crippen LogP contribution in [0.15, 0.2) is 30.5 Å². The van der Waals surface area contributed by atoms with Gasteiger partial charge in [-0.2, -0.15) is 0 Å². The maximum Gasteiger partial charge on any atom is 0.488 e. The van der Waals surface area contributed by atoms with E-state index in [9.17, 15) is 0 Å². The maximum atomic E-state index is 9.00. The van der Waals surface area contributed by atoms with Gasteiger partial charge in [-0.05, 0) is 29.9 Å². The summed E-state index contributed by atoms with van der Waals surface area (Å²) in [5.74, 6) is 0. The van der Waals surface area contributed by atoms with Crippen molar-refractivity contribution in [3.8, 4) is 0 Å². The summed E-state index contributed by atoms with van der Waals surface area (Å²) in [6.07, 6.45) is 2.00. The first-order valence-electron chi connectivity index (χ1n) is 4.67. The normalized spacial score (nSPS) is 10.8. The standard InChI is InChI=1S/C10H12BNO2/c1-2-12-6-5-8-7-9(11(13)14)3-4-10(8)12/h3-7,13-14H,2H2,1H3. The van der Waals surface area contributed by atoms with Crippen molar-refractivity contribution in [3.63, 3.8) is 0 Å². The number of nitrogens with zero attached hydrogens (tertiary/aromatic N) is 1. The van der Waals surface area contributed by atoms with Gasteiger partial charge in [0.25, 0.3) is 0 Å². The van der Waals surface area contributed by atoms with Crippen LogP contribution in [0.2, 0.25) is 0 Å². The van der Waals surface area contributed by atoms with Crippen molar-refractivity contribution >= 4 is 23.5 Å². The lowest BCUT2D eigenvalue weighted by atomic mass is 9.80. The predicted octanol–water partition coefficient (Wildman–Crippen LogP) is 0.341. The molecule has 0 amide bonds. The summed E-state index contributed by atoms with van der Waals surface area (Å²) in [5, 5.41) is 19.0. The Morgan fingerprint density at radius 1 is 1.29 bits per heavy atom. The van der Waals surface area contributed by atoms with Crippen LogP contribution in [0, 0.1) is 0 Å². The Morgan fingerprint density at radius 2 is 2.07 bits per heavy atom. The summed E-state index contributed by atoms with van der Waals surface area (Å²) in [4.78, 5) is 0. The fourth-order valence-electron chi connectivity index (χ4n) is 1.65. The van der Waals surface area contributed by atoms with Crippen LogP contribution in [0.4, 0.5) is 0 Å². The molecule has 2 aromatic rings. The first-order chi connectivity index (χ1) is 6.72. The van der Waals surface area contributed by atoms with E-state index in [1.165, 1.54) is 0 Å². The van der Waals surface area contributed by atoms with E-state index in [1.54, 1.807) is 12.1 Å². The average Bonchev–Trinajstić information content (AvgIpc) is 2.59. The molecule has 1 aromatic carbocycles. The average molecular weight is 189 g/mol. The lowest BCUT2D eigenvalue weighted by Crippen LogP contribution is -2.29. The summed E-state index contributed by atoms with van der Waals surface area (Å²) >= 11 is 0. The van der Waals surface area contributed by atoms with Crippen LogP contribution in [0.5, 0.6) is 0 Å². The molecule has 14 heavy (non-hydrogen) atoms. The molecule has 0 saturated heterocycles. The molecule has 0 fully saturated rings. The molecule has 0 saturated carbocycles. The van der Waals surface area contributed by atoms with Crippen molar-refractivity contribution in [2.24, 2.45) is 0 Å². The third-order valence-corrected chi connectivity index (χ3v) is 2.43. The van der Waals surface area contributed by atoms with Crippen LogP contribution in [0.3, 0.4) is 0 Å². The van der Waals surface area contributed by atoms with Crippen molar-refractivity contribution in [1.82, 2.24) is 4.57 Å². The van der Waals surface area contributed by atoms with Gasteiger partial charge in [0.2, 0.25) is 0 Å². The molecule has 2 N–H and O–H groups in total. The van der Waals surface area contributed by atoms with Gasteiger partial charge in [-0.1, -0.05) is 12.1 Å². The molecule has 0 bridgehead atoms. The molecular weight excluding hydrogens is 177 g/mol. The van der Waals surface area contributed by atoms with Crippen LogP contribution < -0.4 is 5.46 Å². The van der Waals surface area contributed by atoms with Gasteiger partial charge < -0.3 is 14.6 Å². The number of fused-ring (bicyclic) bond motifs is 1. The number of hydrogen-bond acceptors (Lipinski definition) is 2. The fraction of sp³-hybridized carbons (Fsp3) is 0.200. The molecule has 0 aliphatic rings. The highest BCUT2D eigenvalue weighted by atomic mass is 16.4. The third kappa shape index (κ3) is 1.43. The highest BCUT2D eigenvalue weighted by molar-refractivity contribution is 6.58. The smallest absolute Gasteiger partial charge is 0.423 e. The van der Waals surface area contributed by atoms with E-state index in [-0.39, 0.29) is 0 Å². The third-order valence-electron chi connectivity index (χ3n) is 2.43.